The molecule has 0 amide bonds. The minimum Gasteiger partial charge on any atom is -0.467 e. The summed E-state index contributed by atoms with van der Waals surface area (Å²) in [6.45, 7) is 3.62. The van der Waals surface area contributed by atoms with Gasteiger partial charge in [0.1, 0.15) is 0 Å². The Morgan fingerprint density at radius 2 is 1.84 bits per heavy atom. The summed E-state index contributed by atoms with van der Waals surface area (Å²) >= 11 is 0. The molecule has 1 aliphatic rings. The second-order valence-corrected chi connectivity index (χ2v) is 6.77. The quantitative estimate of drug-likeness (QED) is 0.349. The molecule has 2 rings (SSSR count). The molecule has 6 heteroatoms. The molecule has 1 aromatic carbocycles. The van der Waals surface area contributed by atoms with Crippen molar-refractivity contribution in [2.75, 3.05) is 27.7 Å². The van der Waals surface area contributed by atoms with Gasteiger partial charge in [0.2, 0.25) is 0 Å². The Morgan fingerprint density at radius 3 is 2.36 bits per heavy atom. The maximum atomic E-state index is 12.8. The number of carbonyl (C=O) groups is 3. The molecule has 134 valence electrons. The molecule has 0 spiro atoms. The second-order valence-electron chi connectivity index (χ2n) is 6.77. The zero-order valence-corrected chi connectivity index (χ0v) is 15.3. The summed E-state index contributed by atoms with van der Waals surface area (Å²) in [6.07, 6.45) is 1.70. The Bertz CT molecular complexity index is 707. The third-order valence-corrected chi connectivity index (χ3v) is 4.42. The SMILES string of the molecule is COC(=O)C1C(=O)C(=CN(C)C)C(C)(C)N1CC(=O)c1ccccc1. The van der Waals surface area contributed by atoms with Crippen molar-refractivity contribution < 1.29 is 19.1 Å². The number of hydrogen-bond acceptors (Lipinski definition) is 6. The summed E-state index contributed by atoms with van der Waals surface area (Å²) in [5.41, 5.74) is 0.248. The Kier molecular flexibility index (Phi) is 5.42. The van der Waals surface area contributed by atoms with Gasteiger partial charge in [0, 0.05) is 37.0 Å². The molecule has 1 unspecified atom stereocenters. The fourth-order valence-electron chi connectivity index (χ4n) is 3.05. The fraction of sp³-hybridized carbons (Fsp3) is 0.421. The van der Waals surface area contributed by atoms with Crippen LogP contribution in [0.4, 0.5) is 0 Å². The van der Waals surface area contributed by atoms with E-state index >= 15 is 0 Å². The lowest BCUT2D eigenvalue weighted by Gasteiger charge is -2.33. The average Bonchev–Trinajstić information content (AvgIpc) is 2.75. The van der Waals surface area contributed by atoms with Crippen molar-refractivity contribution in [3.05, 3.63) is 47.7 Å². The van der Waals surface area contributed by atoms with Gasteiger partial charge in [0.25, 0.3) is 0 Å². The molecule has 1 aromatic rings. The van der Waals surface area contributed by atoms with Crippen molar-refractivity contribution in [2.45, 2.75) is 25.4 Å². The number of hydrogen-bond donors (Lipinski definition) is 0. The summed E-state index contributed by atoms with van der Waals surface area (Å²) in [5, 5.41) is 0. The van der Waals surface area contributed by atoms with Gasteiger partial charge in [0.15, 0.2) is 17.6 Å². The molecule has 0 bridgehead atoms. The van der Waals surface area contributed by atoms with Gasteiger partial charge in [-0.1, -0.05) is 30.3 Å². The number of nitrogens with zero attached hydrogens (tertiary/aromatic N) is 2. The molecule has 6 nitrogen and oxygen atoms in total. The van der Waals surface area contributed by atoms with Crippen molar-refractivity contribution in [3.8, 4) is 0 Å². The molecule has 0 radical (unpaired) electrons. The largest absolute Gasteiger partial charge is 0.467 e. The molecule has 1 aliphatic heterocycles. The maximum Gasteiger partial charge on any atom is 0.331 e. The first-order valence-electron chi connectivity index (χ1n) is 8.06. The third-order valence-electron chi connectivity index (χ3n) is 4.42. The van der Waals surface area contributed by atoms with Crippen LogP contribution in [0.25, 0.3) is 0 Å². The molecule has 1 saturated heterocycles. The third kappa shape index (κ3) is 3.64. The van der Waals surface area contributed by atoms with Gasteiger partial charge in [-0.2, -0.15) is 0 Å². The van der Waals surface area contributed by atoms with Gasteiger partial charge in [-0.05, 0) is 13.8 Å². The minimum absolute atomic E-state index is 0.0483. The number of ether oxygens (including phenoxy) is 1. The van der Waals surface area contributed by atoms with E-state index in [1.165, 1.54) is 7.11 Å². The van der Waals surface area contributed by atoms with Crippen molar-refractivity contribution in [3.63, 3.8) is 0 Å². The molecule has 0 aromatic heterocycles. The zero-order valence-electron chi connectivity index (χ0n) is 15.3. The van der Waals surface area contributed by atoms with E-state index in [-0.39, 0.29) is 18.1 Å². The van der Waals surface area contributed by atoms with Crippen molar-refractivity contribution in [1.29, 1.82) is 0 Å². The first-order valence-corrected chi connectivity index (χ1v) is 8.06. The fourth-order valence-corrected chi connectivity index (χ4v) is 3.05. The maximum absolute atomic E-state index is 12.8. The van der Waals surface area contributed by atoms with Crippen LogP contribution in [0.3, 0.4) is 0 Å². The smallest absolute Gasteiger partial charge is 0.331 e. The van der Waals surface area contributed by atoms with Crippen molar-refractivity contribution >= 4 is 17.5 Å². The van der Waals surface area contributed by atoms with Crippen LogP contribution in [0.2, 0.25) is 0 Å². The lowest BCUT2D eigenvalue weighted by Crippen LogP contribution is -2.50. The van der Waals surface area contributed by atoms with Crippen LogP contribution in [0.15, 0.2) is 42.1 Å². The number of rotatable bonds is 5. The Morgan fingerprint density at radius 1 is 1.24 bits per heavy atom. The number of ketones is 2. The van der Waals surface area contributed by atoms with Crippen LogP contribution in [-0.4, -0.2) is 66.7 Å². The summed E-state index contributed by atoms with van der Waals surface area (Å²) in [5.74, 6) is -1.13. The number of methoxy groups -OCH3 is 1. The highest BCUT2D eigenvalue weighted by atomic mass is 16.5. The van der Waals surface area contributed by atoms with Crippen LogP contribution in [0, 0.1) is 0 Å². The molecule has 1 atom stereocenters. The lowest BCUT2D eigenvalue weighted by atomic mass is 9.94. The topological polar surface area (TPSA) is 66.9 Å². The number of benzene rings is 1. The van der Waals surface area contributed by atoms with Crippen LogP contribution in [0.1, 0.15) is 24.2 Å². The van der Waals surface area contributed by atoms with E-state index in [0.29, 0.717) is 11.1 Å². The van der Waals surface area contributed by atoms with Crippen molar-refractivity contribution in [2.24, 2.45) is 0 Å². The van der Waals surface area contributed by atoms with Gasteiger partial charge in [-0.25, -0.2) is 4.79 Å². The first kappa shape index (κ1) is 18.9. The van der Waals surface area contributed by atoms with Gasteiger partial charge >= 0.3 is 5.97 Å². The highest BCUT2D eigenvalue weighted by molar-refractivity contribution is 6.15. The van der Waals surface area contributed by atoms with Crippen molar-refractivity contribution in [1.82, 2.24) is 9.80 Å². The van der Waals surface area contributed by atoms with E-state index in [4.69, 9.17) is 4.74 Å². The van der Waals surface area contributed by atoms with E-state index < -0.39 is 17.6 Å². The first-order chi connectivity index (χ1) is 11.7. The molecule has 1 heterocycles. The zero-order chi connectivity index (χ0) is 18.8. The van der Waals surface area contributed by atoms with Crippen LogP contribution in [0.5, 0.6) is 0 Å². The molecule has 1 fully saturated rings. The van der Waals surface area contributed by atoms with Crippen LogP contribution >= 0.6 is 0 Å². The molecular weight excluding hydrogens is 320 g/mol. The van der Waals surface area contributed by atoms with E-state index in [1.807, 2.05) is 19.9 Å². The van der Waals surface area contributed by atoms with Gasteiger partial charge in [-0.15, -0.1) is 0 Å². The van der Waals surface area contributed by atoms with Crippen LogP contribution in [-0.2, 0) is 14.3 Å². The van der Waals surface area contributed by atoms with Gasteiger partial charge in [0.05, 0.1) is 13.7 Å². The molecule has 0 N–H and O–H groups in total. The number of likely N-dealkylation sites (tertiary alicyclic amines) is 1. The summed E-state index contributed by atoms with van der Waals surface area (Å²) in [4.78, 5) is 41.1. The summed E-state index contributed by atoms with van der Waals surface area (Å²) in [6, 6.07) is 7.72. The monoisotopic (exact) mass is 344 g/mol. The molecule has 0 saturated carbocycles. The Hall–Kier alpha value is -2.47. The summed E-state index contributed by atoms with van der Waals surface area (Å²) in [7, 11) is 4.86. The van der Waals surface area contributed by atoms with E-state index in [9.17, 15) is 14.4 Å². The van der Waals surface area contributed by atoms with Gasteiger partial charge in [-0.3, -0.25) is 14.5 Å². The highest BCUT2D eigenvalue weighted by Gasteiger charge is 2.54. The average molecular weight is 344 g/mol. The van der Waals surface area contributed by atoms with E-state index in [0.717, 1.165) is 0 Å². The molecule has 0 aliphatic carbocycles. The molecule has 25 heavy (non-hydrogen) atoms. The Balaban J connectivity index is 2.42. The predicted molar refractivity (Wildman–Crippen MR) is 94.1 cm³/mol. The molecular formula is C19H24N2O4. The highest BCUT2D eigenvalue weighted by Crippen LogP contribution is 2.36. The normalized spacial score (nSPS) is 21.4. The van der Waals surface area contributed by atoms with E-state index in [1.54, 1.807) is 54.4 Å². The number of carbonyl (C=O) groups excluding carboxylic acids is 3. The lowest BCUT2D eigenvalue weighted by molar-refractivity contribution is -0.149. The number of esters is 1. The van der Waals surface area contributed by atoms with E-state index in [2.05, 4.69) is 0 Å². The standard InChI is InChI=1S/C19H24N2O4/c1-19(2)14(11-20(3)4)17(23)16(18(24)25-5)21(19)12-15(22)13-9-7-6-8-10-13/h6-11,16H,12H2,1-5H3. The minimum atomic E-state index is -1.11. The predicted octanol–water partition coefficient (Wildman–Crippen LogP) is 1.52. The van der Waals surface area contributed by atoms with Gasteiger partial charge < -0.3 is 9.64 Å². The second kappa shape index (κ2) is 7.19. The van der Waals surface area contributed by atoms with Crippen LogP contribution < -0.4 is 0 Å². The summed E-state index contributed by atoms with van der Waals surface area (Å²) < 4.78 is 4.82. The Labute approximate surface area is 148 Å². The number of Topliss-reactive ketones (excluding diaryl/α,β-unsaturated/α-hetero) is 2.